The quantitative estimate of drug-likeness (QED) is 0.832. The van der Waals surface area contributed by atoms with Crippen LogP contribution in [0.1, 0.15) is 22.1 Å². The van der Waals surface area contributed by atoms with E-state index < -0.39 is 6.10 Å². The highest BCUT2D eigenvalue weighted by Crippen LogP contribution is 2.28. The third kappa shape index (κ3) is 2.41. The fourth-order valence-electron chi connectivity index (χ4n) is 1.48. The summed E-state index contributed by atoms with van der Waals surface area (Å²) in [5, 5.41) is 12.2. The molecule has 0 aliphatic heterocycles. The highest BCUT2D eigenvalue weighted by Gasteiger charge is 2.13. The smallest absolute Gasteiger partial charge is 0.106 e. The van der Waals surface area contributed by atoms with Crippen LogP contribution in [0.4, 0.5) is 0 Å². The van der Waals surface area contributed by atoms with Gasteiger partial charge in [-0.3, -0.25) is 0 Å². The number of aliphatic hydroxyl groups is 1. The summed E-state index contributed by atoms with van der Waals surface area (Å²) in [4.78, 5) is 1.23. The molecule has 78 valence electrons. The zero-order valence-corrected chi connectivity index (χ0v) is 11.2. The van der Waals surface area contributed by atoms with Crippen LogP contribution in [0.2, 0.25) is 0 Å². The molecular formula is C12H11IOS. The van der Waals surface area contributed by atoms with Gasteiger partial charge in [-0.25, -0.2) is 0 Å². The van der Waals surface area contributed by atoms with Crippen molar-refractivity contribution in [3.8, 4) is 0 Å². The van der Waals surface area contributed by atoms with E-state index in [-0.39, 0.29) is 0 Å². The third-order valence-corrected chi connectivity index (χ3v) is 4.13. The minimum absolute atomic E-state index is 0.497. The van der Waals surface area contributed by atoms with Gasteiger partial charge in [0.15, 0.2) is 0 Å². The van der Waals surface area contributed by atoms with E-state index in [0.717, 1.165) is 14.7 Å². The van der Waals surface area contributed by atoms with Crippen LogP contribution < -0.4 is 0 Å². The van der Waals surface area contributed by atoms with E-state index in [1.165, 1.54) is 4.88 Å². The van der Waals surface area contributed by atoms with E-state index in [1.807, 2.05) is 35.7 Å². The van der Waals surface area contributed by atoms with Crippen molar-refractivity contribution in [1.29, 1.82) is 0 Å². The topological polar surface area (TPSA) is 20.2 Å². The second-order valence-corrected chi connectivity index (χ2v) is 5.69. The monoisotopic (exact) mass is 330 g/mol. The fourth-order valence-corrected chi connectivity index (χ4v) is 2.89. The maximum absolute atomic E-state index is 10.2. The lowest BCUT2D eigenvalue weighted by Crippen LogP contribution is -2.00. The molecule has 2 aromatic rings. The van der Waals surface area contributed by atoms with Crippen molar-refractivity contribution in [3.05, 3.63) is 55.3 Å². The molecule has 0 bridgehead atoms. The van der Waals surface area contributed by atoms with Crippen LogP contribution >= 0.6 is 33.9 Å². The Labute approximate surface area is 107 Å². The highest BCUT2D eigenvalue weighted by atomic mass is 127. The average molecular weight is 330 g/mol. The predicted octanol–water partition coefficient (Wildman–Crippen LogP) is 3.74. The number of benzene rings is 1. The van der Waals surface area contributed by atoms with Crippen LogP contribution in [0.3, 0.4) is 0 Å². The molecular weight excluding hydrogens is 319 g/mol. The minimum Gasteiger partial charge on any atom is -0.384 e. The first-order valence-electron chi connectivity index (χ1n) is 4.66. The van der Waals surface area contributed by atoms with Gasteiger partial charge in [-0.15, -0.1) is 11.3 Å². The number of thiophene rings is 1. The number of halogens is 1. The molecule has 1 heterocycles. The van der Waals surface area contributed by atoms with E-state index in [2.05, 4.69) is 29.5 Å². The summed E-state index contributed by atoms with van der Waals surface area (Å²) in [5.41, 5.74) is 1.97. The van der Waals surface area contributed by atoms with Crippen molar-refractivity contribution in [3.63, 3.8) is 0 Å². The SMILES string of the molecule is Cc1cc(C(O)c2ccccc2I)cs1. The van der Waals surface area contributed by atoms with Crippen LogP contribution in [0.15, 0.2) is 35.7 Å². The summed E-state index contributed by atoms with van der Waals surface area (Å²) in [6.07, 6.45) is -0.497. The normalized spacial score (nSPS) is 12.7. The van der Waals surface area contributed by atoms with Gasteiger partial charge in [0.2, 0.25) is 0 Å². The first-order chi connectivity index (χ1) is 7.18. The molecule has 0 amide bonds. The zero-order valence-electron chi connectivity index (χ0n) is 8.27. The Balaban J connectivity index is 2.36. The molecule has 3 heteroatoms. The van der Waals surface area contributed by atoms with Gasteiger partial charge < -0.3 is 5.11 Å². The first-order valence-corrected chi connectivity index (χ1v) is 6.62. The summed E-state index contributed by atoms with van der Waals surface area (Å²) < 4.78 is 1.10. The standard InChI is InChI=1S/C12H11IOS/c1-8-6-9(7-15-8)12(14)10-4-2-3-5-11(10)13/h2-7,12,14H,1H3. The van der Waals surface area contributed by atoms with E-state index >= 15 is 0 Å². The molecule has 1 unspecified atom stereocenters. The minimum atomic E-state index is -0.497. The second kappa shape index (κ2) is 4.63. The molecule has 1 nitrogen and oxygen atoms in total. The lowest BCUT2D eigenvalue weighted by atomic mass is 10.0. The highest BCUT2D eigenvalue weighted by molar-refractivity contribution is 14.1. The number of hydrogen-bond acceptors (Lipinski definition) is 2. The first kappa shape index (κ1) is 11.1. The van der Waals surface area contributed by atoms with E-state index in [1.54, 1.807) is 11.3 Å². The average Bonchev–Trinajstić information content (AvgIpc) is 2.65. The van der Waals surface area contributed by atoms with E-state index in [0.29, 0.717) is 0 Å². The molecule has 0 saturated heterocycles. The molecule has 0 aliphatic rings. The maximum Gasteiger partial charge on any atom is 0.106 e. The van der Waals surface area contributed by atoms with E-state index in [4.69, 9.17) is 0 Å². The summed E-state index contributed by atoms with van der Waals surface area (Å²) in [6, 6.07) is 9.97. The van der Waals surface area contributed by atoms with Gasteiger partial charge in [0.25, 0.3) is 0 Å². The van der Waals surface area contributed by atoms with Gasteiger partial charge in [0, 0.05) is 8.45 Å². The lowest BCUT2D eigenvalue weighted by molar-refractivity contribution is 0.220. The number of aryl methyl sites for hydroxylation is 1. The summed E-state index contributed by atoms with van der Waals surface area (Å²) in [7, 11) is 0. The van der Waals surface area contributed by atoms with Gasteiger partial charge in [-0.2, -0.15) is 0 Å². The lowest BCUT2D eigenvalue weighted by Gasteiger charge is -2.10. The van der Waals surface area contributed by atoms with Gasteiger partial charge in [0.05, 0.1) is 0 Å². The maximum atomic E-state index is 10.2. The second-order valence-electron chi connectivity index (χ2n) is 3.41. The summed E-state index contributed by atoms with van der Waals surface area (Å²) in [5.74, 6) is 0. The Morgan fingerprint density at radius 2 is 2.07 bits per heavy atom. The number of rotatable bonds is 2. The third-order valence-electron chi connectivity index (χ3n) is 2.27. The van der Waals surface area contributed by atoms with Gasteiger partial charge in [-0.05, 0) is 58.2 Å². The molecule has 0 fully saturated rings. The molecule has 1 atom stereocenters. The van der Waals surface area contributed by atoms with Gasteiger partial charge >= 0.3 is 0 Å². The zero-order chi connectivity index (χ0) is 10.8. The summed E-state index contributed by atoms with van der Waals surface area (Å²) >= 11 is 3.92. The van der Waals surface area contributed by atoms with Crippen LogP contribution in [0.25, 0.3) is 0 Å². The van der Waals surface area contributed by atoms with Crippen molar-refractivity contribution in [2.75, 3.05) is 0 Å². The van der Waals surface area contributed by atoms with Crippen LogP contribution in [-0.4, -0.2) is 5.11 Å². The van der Waals surface area contributed by atoms with Crippen molar-refractivity contribution in [1.82, 2.24) is 0 Å². The Morgan fingerprint density at radius 3 is 2.67 bits per heavy atom. The molecule has 0 spiro atoms. The van der Waals surface area contributed by atoms with E-state index in [9.17, 15) is 5.11 Å². The molecule has 1 N–H and O–H groups in total. The Hall–Kier alpha value is -0.390. The Morgan fingerprint density at radius 1 is 1.33 bits per heavy atom. The van der Waals surface area contributed by atoms with Crippen molar-refractivity contribution < 1.29 is 5.11 Å². The fraction of sp³-hybridized carbons (Fsp3) is 0.167. The number of aliphatic hydroxyl groups excluding tert-OH is 1. The van der Waals surface area contributed by atoms with Gasteiger partial charge in [-0.1, -0.05) is 18.2 Å². The van der Waals surface area contributed by atoms with Crippen molar-refractivity contribution in [2.45, 2.75) is 13.0 Å². The molecule has 15 heavy (non-hydrogen) atoms. The van der Waals surface area contributed by atoms with Crippen LogP contribution in [0, 0.1) is 10.5 Å². The largest absolute Gasteiger partial charge is 0.384 e. The van der Waals surface area contributed by atoms with Gasteiger partial charge in [0.1, 0.15) is 6.10 Å². The Kier molecular flexibility index (Phi) is 3.43. The van der Waals surface area contributed by atoms with Crippen LogP contribution in [-0.2, 0) is 0 Å². The Bertz CT molecular complexity index is 464. The summed E-state index contributed by atoms with van der Waals surface area (Å²) in [6.45, 7) is 2.05. The van der Waals surface area contributed by atoms with Crippen molar-refractivity contribution in [2.24, 2.45) is 0 Å². The molecule has 0 saturated carbocycles. The number of hydrogen-bond donors (Lipinski definition) is 1. The molecule has 0 radical (unpaired) electrons. The van der Waals surface area contributed by atoms with Crippen LogP contribution in [0.5, 0.6) is 0 Å². The molecule has 1 aromatic heterocycles. The molecule has 2 rings (SSSR count). The predicted molar refractivity (Wildman–Crippen MR) is 72.3 cm³/mol. The molecule has 0 aliphatic carbocycles. The molecule has 1 aromatic carbocycles. The van der Waals surface area contributed by atoms with Crippen molar-refractivity contribution >= 4 is 33.9 Å².